The first-order valence-corrected chi connectivity index (χ1v) is 8.46. The molecule has 0 saturated carbocycles. The minimum Gasteiger partial charge on any atom is -0.872 e. The van der Waals surface area contributed by atoms with Crippen LogP contribution in [-0.2, 0) is 26.2 Å². The van der Waals surface area contributed by atoms with Gasteiger partial charge in [-0.25, -0.2) is 0 Å². The number of benzene rings is 4. The second-order valence-corrected chi connectivity index (χ2v) is 5.25. The molecule has 29 heavy (non-hydrogen) atoms. The third-order valence-electron chi connectivity index (χ3n) is 2.97. The Kier molecular flexibility index (Phi) is 15.3. The van der Waals surface area contributed by atoms with Gasteiger partial charge in [-0.1, -0.05) is 121 Å². The Morgan fingerprint density at radius 2 is 0.414 bits per heavy atom. The summed E-state index contributed by atoms with van der Waals surface area (Å²) in [6, 6.07) is 33.3. The van der Waals surface area contributed by atoms with Gasteiger partial charge < -0.3 is 20.4 Å². The van der Waals surface area contributed by atoms with Gasteiger partial charge in [0.25, 0.3) is 0 Å². The molecular formula is C24H20O4Zr. The van der Waals surface area contributed by atoms with Gasteiger partial charge in [0, 0.05) is 0 Å². The van der Waals surface area contributed by atoms with Crippen LogP contribution >= 0.6 is 0 Å². The molecule has 5 heteroatoms. The maximum absolute atomic E-state index is 10.3. The summed E-state index contributed by atoms with van der Waals surface area (Å²) in [5.74, 6) is 0.287. The molecule has 0 unspecified atom stereocenters. The summed E-state index contributed by atoms with van der Waals surface area (Å²) in [5, 5.41) is 41.1. The summed E-state index contributed by atoms with van der Waals surface area (Å²) in [4.78, 5) is 0. The smallest absolute Gasteiger partial charge is 0.872 e. The molecule has 0 atom stereocenters. The third-order valence-corrected chi connectivity index (χ3v) is 2.97. The van der Waals surface area contributed by atoms with Crippen molar-refractivity contribution in [2.75, 3.05) is 0 Å². The molecule has 144 valence electrons. The van der Waals surface area contributed by atoms with Crippen molar-refractivity contribution < 1.29 is 46.6 Å². The molecule has 0 heterocycles. The Labute approximate surface area is 190 Å². The van der Waals surface area contributed by atoms with E-state index < -0.39 is 0 Å². The molecule has 0 amide bonds. The quantitative estimate of drug-likeness (QED) is 0.401. The zero-order valence-corrected chi connectivity index (χ0v) is 18.1. The number of para-hydroxylation sites is 4. The van der Waals surface area contributed by atoms with Crippen molar-refractivity contribution in [1.82, 2.24) is 0 Å². The van der Waals surface area contributed by atoms with Crippen LogP contribution in [-0.4, -0.2) is 0 Å². The monoisotopic (exact) mass is 462 g/mol. The molecule has 4 nitrogen and oxygen atoms in total. The second kappa shape index (κ2) is 17.1. The van der Waals surface area contributed by atoms with Crippen LogP contribution in [0.2, 0.25) is 0 Å². The van der Waals surface area contributed by atoms with Gasteiger partial charge in [0.1, 0.15) is 0 Å². The predicted octanol–water partition coefficient (Wildman–Crippen LogP) is 3.04. The Bertz CT molecular complexity index is 693. The van der Waals surface area contributed by atoms with Crippen LogP contribution in [0.15, 0.2) is 121 Å². The first-order chi connectivity index (χ1) is 13.6. The van der Waals surface area contributed by atoms with Crippen LogP contribution in [0.3, 0.4) is 0 Å². The van der Waals surface area contributed by atoms with Crippen LogP contribution in [0, 0.1) is 0 Å². The molecule has 0 aliphatic rings. The van der Waals surface area contributed by atoms with Crippen molar-refractivity contribution in [2.24, 2.45) is 0 Å². The summed E-state index contributed by atoms with van der Waals surface area (Å²) < 4.78 is 0. The van der Waals surface area contributed by atoms with Crippen molar-refractivity contribution in [3.05, 3.63) is 121 Å². The maximum Gasteiger partial charge on any atom is 4.00 e. The topological polar surface area (TPSA) is 92.2 Å². The summed E-state index contributed by atoms with van der Waals surface area (Å²) in [7, 11) is 0. The van der Waals surface area contributed by atoms with Gasteiger partial charge in [0.05, 0.1) is 0 Å². The van der Waals surface area contributed by atoms with E-state index in [0.29, 0.717) is 0 Å². The minimum absolute atomic E-state index is 0. The van der Waals surface area contributed by atoms with Crippen molar-refractivity contribution in [2.45, 2.75) is 0 Å². The fourth-order valence-corrected chi connectivity index (χ4v) is 1.68. The molecule has 0 fully saturated rings. The van der Waals surface area contributed by atoms with Crippen LogP contribution in [0.1, 0.15) is 0 Å². The molecule has 0 saturated heterocycles. The van der Waals surface area contributed by atoms with Gasteiger partial charge in [-0.3, -0.25) is 0 Å². The zero-order chi connectivity index (χ0) is 20.5. The average molecular weight is 464 g/mol. The first-order valence-electron chi connectivity index (χ1n) is 8.46. The van der Waals surface area contributed by atoms with Crippen LogP contribution in [0.5, 0.6) is 23.0 Å². The van der Waals surface area contributed by atoms with Crippen LogP contribution in [0.4, 0.5) is 0 Å². The number of hydrogen-bond acceptors (Lipinski definition) is 4. The van der Waals surface area contributed by atoms with E-state index in [4.69, 9.17) is 0 Å². The fourth-order valence-electron chi connectivity index (χ4n) is 1.68. The van der Waals surface area contributed by atoms with Crippen LogP contribution < -0.4 is 20.4 Å². The van der Waals surface area contributed by atoms with Gasteiger partial charge in [0.2, 0.25) is 0 Å². The van der Waals surface area contributed by atoms with E-state index in [1.807, 2.05) is 24.3 Å². The van der Waals surface area contributed by atoms with Gasteiger partial charge in [-0.2, -0.15) is 0 Å². The molecule has 4 aromatic rings. The molecule has 4 rings (SSSR count). The Morgan fingerprint density at radius 3 is 0.483 bits per heavy atom. The van der Waals surface area contributed by atoms with Gasteiger partial charge in [-0.15, -0.1) is 23.0 Å². The molecule has 0 bridgehead atoms. The number of rotatable bonds is 0. The summed E-state index contributed by atoms with van der Waals surface area (Å²) in [6.07, 6.45) is 0. The Hall–Kier alpha value is -3.04. The molecule has 0 aliphatic heterocycles. The molecule has 0 aliphatic carbocycles. The Morgan fingerprint density at radius 1 is 0.276 bits per heavy atom. The number of hydrogen-bond donors (Lipinski definition) is 0. The average Bonchev–Trinajstić information content (AvgIpc) is 2.72. The molecule has 0 radical (unpaired) electrons. The van der Waals surface area contributed by atoms with E-state index in [9.17, 15) is 20.4 Å². The molecule has 0 spiro atoms. The fraction of sp³-hybridized carbons (Fsp3) is 0. The van der Waals surface area contributed by atoms with E-state index in [1.54, 1.807) is 48.5 Å². The maximum atomic E-state index is 10.3. The molecule has 0 N–H and O–H groups in total. The third kappa shape index (κ3) is 15.7. The molecule has 4 aromatic carbocycles. The summed E-state index contributed by atoms with van der Waals surface area (Å²) in [5.41, 5.74) is 0. The van der Waals surface area contributed by atoms with E-state index in [1.165, 1.54) is 48.5 Å². The normalized spacial score (nSPS) is 8.28. The van der Waals surface area contributed by atoms with E-state index in [2.05, 4.69) is 0 Å². The molecular weight excluding hydrogens is 443 g/mol. The summed E-state index contributed by atoms with van der Waals surface area (Å²) >= 11 is 0. The predicted molar refractivity (Wildman–Crippen MR) is 104 cm³/mol. The van der Waals surface area contributed by atoms with Gasteiger partial charge in [0.15, 0.2) is 0 Å². The van der Waals surface area contributed by atoms with E-state index in [0.717, 1.165) is 0 Å². The largest absolute Gasteiger partial charge is 4.00 e. The van der Waals surface area contributed by atoms with Crippen molar-refractivity contribution >= 4 is 0 Å². The van der Waals surface area contributed by atoms with Crippen molar-refractivity contribution in [1.29, 1.82) is 0 Å². The Balaban J connectivity index is 0.000000356. The first kappa shape index (κ1) is 26.0. The van der Waals surface area contributed by atoms with Gasteiger partial charge in [-0.05, 0) is 0 Å². The minimum atomic E-state index is 0. The van der Waals surface area contributed by atoms with Crippen LogP contribution in [0.25, 0.3) is 0 Å². The second-order valence-electron chi connectivity index (χ2n) is 5.25. The van der Waals surface area contributed by atoms with Crippen molar-refractivity contribution in [3.8, 4) is 23.0 Å². The SMILES string of the molecule is [O-]c1ccccc1.[O-]c1ccccc1.[O-]c1ccccc1.[O-]c1ccccc1.[Zr+4]. The zero-order valence-electron chi connectivity index (χ0n) is 15.7. The molecule has 0 aromatic heterocycles. The van der Waals surface area contributed by atoms with E-state index in [-0.39, 0.29) is 49.2 Å². The summed E-state index contributed by atoms with van der Waals surface area (Å²) in [6.45, 7) is 0. The van der Waals surface area contributed by atoms with Gasteiger partial charge >= 0.3 is 26.2 Å². The van der Waals surface area contributed by atoms with Crippen molar-refractivity contribution in [3.63, 3.8) is 0 Å². The van der Waals surface area contributed by atoms with E-state index >= 15 is 0 Å². The standard InChI is InChI=1S/4C6H6O.Zr/c4*7-6-4-2-1-3-5-6;/h4*1-5,7H;/q;;;;+4/p-4.